The summed E-state index contributed by atoms with van der Waals surface area (Å²) in [5, 5.41) is 19.6. The van der Waals surface area contributed by atoms with Crippen LogP contribution >= 0.6 is 0 Å². The van der Waals surface area contributed by atoms with Crippen molar-refractivity contribution < 1.29 is 38.9 Å². The number of carbonyl (C=O) groups excluding carboxylic acids is 2. The van der Waals surface area contributed by atoms with Crippen LogP contribution in [0.4, 0.5) is 4.79 Å². The number of hydrogen-bond donors (Lipinski definition) is 6. The highest BCUT2D eigenvalue weighted by Crippen LogP contribution is 2.08. The lowest BCUT2D eigenvalue weighted by Gasteiger charge is -2.21. The average molecular weight is 566 g/mol. The third kappa shape index (κ3) is 17.5. The zero-order chi connectivity index (χ0) is 30.9. The van der Waals surface area contributed by atoms with Crippen molar-refractivity contribution in [1.82, 2.24) is 15.3 Å². The molecule has 1 amide bonds. The van der Waals surface area contributed by atoms with Crippen molar-refractivity contribution in [2.75, 3.05) is 7.11 Å². The van der Waals surface area contributed by atoms with E-state index in [2.05, 4.69) is 20.0 Å². The van der Waals surface area contributed by atoms with Crippen molar-refractivity contribution in [3.63, 3.8) is 0 Å². The monoisotopic (exact) mass is 565 g/mol. The highest BCUT2D eigenvalue weighted by atomic mass is 16.6. The summed E-state index contributed by atoms with van der Waals surface area (Å²) in [5.74, 6) is -2.06. The Hall–Kier alpha value is -3.97. The van der Waals surface area contributed by atoms with Gasteiger partial charge in [0, 0.05) is 18.3 Å². The van der Waals surface area contributed by atoms with E-state index in [0.717, 1.165) is 5.56 Å². The van der Waals surface area contributed by atoms with E-state index in [-0.39, 0.29) is 12.4 Å². The SMILES string of the molecule is CC(C)(C)OC(=O)NC(Cc1cnc[nH]1)C(=O)O.CC(C)CC(N)C(=O)O.COC(=O)C(N)Cc1ccccc1. The Morgan fingerprint density at radius 1 is 1.00 bits per heavy atom. The van der Waals surface area contributed by atoms with Crippen molar-refractivity contribution in [1.29, 1.82) is 0 Å². The number of carboxylic acids is 2. The fourth-order valence-corrected chi connectivity index (χ4v) is 2.98. The van der Waals surface area contributed by atoms with Crippen LogP contribution in [-0.4, -0.2) is 75.0 Å². The fourth-order valence-electron chi connectivity index (χ4n) is 2.98. The number of carbonyl (C=O) groups is 4. The summed E-state index contributed by atoms with van der Waals surface area (Å²) in [6.45, 7) is 9.01. The smallest absolute Gasteiger partial charge is 0.408 e. The van der Waals surface area contributed by atoms with E-state index in [4.69, 9.17) is 26.4 Å². The highest BCUT2D eigenvalue weighted by molar-refractivity contribution is 5.80. The van der Waals surface area contributed by atoms with E-state index in [1.54, 1.807) is 20.8 Å². The molecule has 13 heteroatoms. The normalized spacial score (nSPS) is 12.8. The van der Waals surface area contributed by atoms with Gasteiger partial charge in [-0.05, 0) is 45.1 Å². The van der Waals surface area contributed by atoms with E-state index >= 15 is 0 Å². The summed E-state index contributed by atoms with van der Waals surface area (Å²) < 4.78 is 9.52. The molecule has 224 valence electrons. The Labute approximate surface area is 234 Å². The fraction of sp³-hybridized carbons (Fsp3) is 0.519. The summed E-state index contributed by atoms with van der Waals surface area (Å²) >= 11 is 0. The number of amides is 1. The maximum absolute atomic E-state index is 11.5. The van der Waals surface area contributed by atoms with Crippen molar-refractivity contribution in [2.45, 2.75) is 77.6 Å². The van der Waals surface area contributed by atoms with Gasteiger partial charge in [-0.25, -0.2) is 14.6 Å². The van der Waals surface area contributed by atoms with Crippen molar-refractivity contribution in [3.8, 4) is 0 Å². The molecule has 0 aliphatic carbocycles. The van der Waals surface area contributed by atoms with Crippen LogP contribution in [-0.2, 0) is 36.7 Å². The topological polar surface area (TPSA) is 220 Å². The van der Waals surface area contributed by atoms with Crippen LogP contribution in [0, 0.1) is 5.92 Å². The number of ether oxygens (including phenoxy) is 2. The van der Waals surface area contributed by atoms with Crippen LogP contribution in [0.1, 0.15) is 52.3 Å². The number of esters is 1. The van der Waals surface area contributed by atoms with Crippen molar-refractivity contribution in [2.24, 2.45) is 17.4 Å². The van der Waals surface area contributed by atoms with Crippen LogP contribution in [0.25, 0.3) is 0 Å². The zero-order valence-electron chi connectivity index (χ0n) is 23.9. The van der Waals surface area contributed by atoms with Crippen molar-refractivity contribution >= 4 is 24.0 Å². The number of carboxylic acid groups (broad SMARTS) is 2. The van der Waals surface area contributed by atoms with Crippen LogP contribution in [0.2, 0.25) is 0 Å². The molecule has 3 atom stereocenters. The van der Waals surface area contributed by atoms with Crippen molar-refractivity contribution in [3.05, 3.63) is 54.1 Å². The third-order valence-corrected chi connectivity index (χ3v) is 4.81. The first-order valence-corrected chi connectivity index (χ1v) is 12.6. The molecule has 0 fully saturated rings. The number of nitrogens with one attached hydrogen (secondary N) is 2. The van der Waals surface area contributed by atoms with E-state index in [1.165, 1.54) is 19.6 Å². The largest absolute Gasteiger partial charge is 0.480 e. The average Bonchev–Trinajstić information content (AvgIpc) is 3.36. The number of hydrogen-bond acceptors (Lipinski definition) is 9. The summed E-state index contributed by atoms with van der Waals surface area (Å²) in [4.78, 5) is 50.1. The molecule has 0 bridgehead atoms. The van der Waals surface area contributed by atoms with Gasteiger partial charge in [0.05, 0.1) is 13.4 Å². The predicted octanol–water partition coefficient (Wildman–Crippen LogP) is 2.10. The molecule has 0 saturated heterocycles. The number of benzene rings is 1. The maximum Gasteiger partial charge on any atom is 0.408 e. The number of rotatable bonds is 10. The Kier molecular flexibility index (Phi) is 16.5. The van der Waals surface area contributed by atoms with Gasteiger partial charge in [0.2, 0.25) is 0 Å². The lowest BCUT2D eigenvalue weighted by Crippen LogP contribution is -2.44. The standard InChI is InChI=1S/C11H17N3O4.C10H13NO2.C6H13NO2/c1-11(2,3)18-10(17)14-8(9(15)16)4-7-5-12-6-13-7;1-13-10(12)9(11)7-8-5-3-2-4-6-8;1-4(2)3-5(7)6(8)9/h5-6,8H,4H2,1-3H3,(H,12,13)(H,14,17)(H,15,16);2-6,9H,7,11H2,1H3;4-5H,3,7H2,1-2H3,(H,8,9). The van der Waals surface area contributed by atoms with Gasteiger partial charge in [0.15, 0.2) is 0 Å². The number of H-pyrrole nitrogens is 1. The molecular weight excluding hydrogens is 522 g/mol. The van der Waals surface area contributed by atoms with E-state index < -0.39 is 41.8 Å². The van der Waals surface area contributed by atoms with Crippen LogP contribution in [0.15, 0.2) is 42.9 Å². The molecule has 2 aromatic rings. The number of aliphatic carboxylic acids is 2. The third-order valence-electron chi connectivity index (χ3n) is 4.81. The first-order chi connectivity index (χ1) is 18.5. The number of imidazole rings is 1. The molecule has 0 radical (unpaired) electrons. The predicted molar refractivity (Wildman–Crippen MR) is 148 cm³/mol. The minimum absolute atomic E-state index is 0.120. The van der Waals surface area contributed by atoms with Gasteiger partial charge >= 0.3 is 24.0 Å². The summed E-state index contributed by atoms with van der Waals surface area (Å²) in [6.07, 6.45) is 3.39. The number of aromatic nitrogens is 2. The molecule has 0 aliphatic heterocycles. The quantitative estimate of drug-likeness (QED) is 0.229. The lowest BCUT2D eigenvalue weighted by molar-refractivity contribution is -0.142. The molecule has 3 unspecified atom stereocenters. The highest BCUT2D eigenvalue weighted by Gasteiger charge is 2.24. The van der Waals surface area contributed by atoms with Gasteiger partial charge in [-0.2, -0.15) is 0 Å². The van der Waals surface area contributed by atoms with Crippen LogP contribution in [0.3, 0.4) is 0 Å². The molecule has 0 aliphatic rings. The molecule has 13 nitrogen and oxygen atoms in total. The molecular formula is C27H43N5O8. The minimum Gasteiger partial charge on any atom is -0.480 e. The Morgan fingerprint density at radius 2 is 1.60 bits per heavy atom. The summed E-state index contributed by atoms with van der Waals surface area (Å²) in [5.41, 5.74) is 11.8. The second kappa shape index (κ2) is 18.3. The first-order valence-electron chi connectivity index (χ1n) is 12.6. The second-order valence-electron chi connectivity index (χ2n) is 10.2. The lowest BCUT2D eigenvalue weighted by atomic mass is 10.1. The Balaban J connectivity index is 0.000000608. The minimum atomic E-state index is -1.13. The summed E-state index contributed by atoms with van der Waals surface area (Å²) in [6, 6.07) is 7.31. The second-order valence-corrected chi connectivity index (χ2v) is 10.2. The van der Waals surface area contributed by atoms with Gasteiger partial charge in [-0.3, -0.25) is 9.59 Å². The Morgan fingerprint density at radius 3 is 2.00 bits per heavy atom. The van der Waals surface area contributed by atoms with Gasteiger partial charge in [0.1, 0.15) is 23.7 Å². The van der Waals surface area contributed by atoms with Gasteiger partial charge in [-0.1, -0.05) is 44.2 Å². The number of nitrogens with zero attached hydrogens (tertiary/aromatic N) is 1. The first kappa shape index (κ1) is 36.0. The maximum atomic E-state index is 11.5. The van der Waals surface area contributed by atoms with E-state index in [0.29, 0.717) is 24.5 Å². The van der Waals surface area contributed by atoms with E-state index in [1.807, 2.05) is 44.2 Å². The molecule has 1 aromatic heterocycles. The molecule has 1 heterocycles. The number of aromatic amines is 1. The molecule has 1 aromatic carbocycles. The Bertz CT molecular complexity index is 1020. The van der Waals surface area contributed by atoms with E-state index in [9.17, 15) is 19.2 Å². The zero-order valence-corrected chi connectivity index (χ0v) is 23.9. The molecule has 8 N–H and O–H groups in total. The van der Waals surface area contributed by atoms with Gasteiger partial charge < -0.3 is 41.5 Å². The number of nitrogens with two attached hydrogens (primary N) is 2. The number of alkyl carbamates (subject to hydrolysis) is 1. The molecule has 2 rings (SSSR count). The van der Waals surface area contributed by atoms with Crippen LogP contribution in [0.5, 0.6) is 0 Å². The van der Waals surface area contributed by atoms with Gasteiger partial charge in [0.25, 0.3) is 0 Å². The van der Waals surface area contributed by atoms with Gasteiger partial charge in [-0.15, -0.1) is 0 Å². The molecule has 40 heavy (non-hydrogen) atoms. The van der Waals surface area contributed by atoms with Crippen LogP contribution < -0.4 is 16.8 Å². The molecule has 0 spiro atoms. The number of methoxy groups -OCH3 is 1. The molecule has 0 saturated carbocycles. The summed E-state index contributed by atoms with van der Waals surface area (Å²) in [7, 11) is 1.34.